The van der Waals surface area contributed by atoms with Gasteiger partial charge in [0.25, 0.3) is 0 Å². The Kier molecular flexibility index (Phi) is 10.1. The van der Waals surface area contributed by atoms with Gasteiger partial charge in [-0.2, -0.15) is 0 Å². The number of aliphatic carboxylic acids is 1. The molecular formula is C13H25NO5. The maximum absolute atomic E-state index is 11.2. The van der Waals surface area contributed by atoms with Crippen molar-refractivity contribution in [2.45, 2.75) is 58.2 Å². The van der Waals surface area contributed by atoms with Gasteiger partial charge in [0.1, 0.15) is 6.61 Å². The summed E-state index contributed by atoms with van der Waals surface area (Å²) in [5, 5.41) is 8.89. The van der Waals surface area contributed by atoms with Crippen molar-refractivity contribution in [1.82, 2.24) is 0 Å². The van der Waals surface area contributed by atoms with Crippen LogP contribution >= 0.6 is 0 Å². The van der Waals surface area contributed by atoms with Crippen molar-refractivity contribution >= 4 is 11.9 Å². The van der Waals surface area contributed by atoms with Crippen molar-refractivity contribution in [1.29, 1.82) is 0 Å². The maximum Gasteiger partial charge on any atom is 0.306 e. The number of hydrogen-bond acceptors (Lipinski definition) is 5. The minimum absolute atomic E-state index is 0.123. The zero-order chi connectivity index (χ0) is 14.7. The number of carbonyl (C=O) groups excluding carboxylic acids is 2. The molecule has 1 saturated heterocycles. The van der Waals surface area contributed by atoms with E-state index < -0.39 is 5.97 Å². The largest absolute Gasteiger partial charge is 0.550 e. The fraction of sp³-hybridized carbons (Fsp3) is 0.846. The molecule has 0 saturated carbocycles. The van der Waals surface area contributed by atoms with Crippen LogP contribution in [0.25, 0.3) is 0 Å². The number of ether oxygens (including phenoxy) is 2. The van der Waals surface area contributed by atoms with Crippen LogP contribution in [0.3, 0.4) is 0 Å². The molecule has 19 heavy (non-hydrogen) atoms. The second-order valence-electron chi connectivity index (χ2n) is 4.50. The Morgan fingerprint density at radius 1 is 1.37 bits per heavy atom. The van der Waals surface area contributed by atoms with Crippen molar-refractivity contribution < 1.29 is 29.9 Å². The van der Waals surface area contributed by atoms with Gasteiger partial charge in [-0.05, 0) is 26.2 Å². The Labute approximate surface area is 114 Å². The Bertz CT molecular complexity index is 266. The summed E-state index contributed by atoms with van der Waals surface area (Å²) in [4.78, 5) is 20.1. The van der Waals surface area contributed by atoms with E-state index in [-0.39, 0.29) is 12.1 Å². The third kappa shape index (κ3) is 10.5. The summed E-state index contributed by atoms with van der Waals surface area (Å²) in [7, 11) is 0. The first-order chi connectivity index (χ1) is 8.99. The van der Waals surface area contributed by atoms with Crippen LogP contribution in [0.2, 0.25) is 0 Å². The fourth-order valence-electron chi connectivity index (χ4n) is 1.73. The van der Waals surface area contributed by atoms with Gasteiger partial charge in [0.15, 0.2) is 0 Å². The number of rotatable bonds is 6. The number of hydrogen-bond donors (Lipinski definition) is 1. The first-order valence-electron chi connectivity index (χ1n) is 6.77. The van der Waals surface area contributed by atoms with Crippen molar-refractivity contribution in [3.8, 4) is 0 Å². The smallest absolute Gasteiger partial charge is 0.306 e. The normalized spacial score (nSPS) is 21.4. The van der Waals surface area contributed by atoms with Gasteiger partial charge in [-0.3, -0.25) is 4.79 Å². The molecule has 0 unspecified atom stereocenters. The average molecular weight is 275 g/mol. The van der Waals surface area contributed by atoms with Gasteiger partial charge in [0.2, 0.25) is 0 Å². The highest BCUT2D eigenvalue weighted by Gasteiger charge is 2.24. The van der Waals surface area contributed by atoms with Crippen LogP contribution in [0.5, 0.6) is 0 Å². The van der Waals surface area contributed by atoms with Gasteiger partial charge in [0, 0.05) is 12.4 Å². The number of carboxylic acid groups (broad SMARTS) is 1. The summed E-state index contributed by atoms with van der Waals surface area (Å²) in [6.45, 7) is 4.30. The molecule has 1 aliphatic rings. The van der Waals surface area contributed by atoms with Gasteiger partial charge in [-0.15, -0.1) is 0 Å². The molecule has 3 N–H and O–H groups in total. The standard InChI is InChI=1S/C11H21NO3.C2H4O2/c1-2-9-5-6-10(15-9)8-14-11(13)4-3-7-12;1-2(3)4/h9-10H,2-8,12H2,1H3;1H3,(H,3,4)/t9-,10-;/m0./s1. The van der Waals surface area contributed by atoms with E-state index in [4.69, 9.17) is 19.4 Å². The highest BCUT2D eigenvalue weighted by atomic mass is 16.6. The van der Waals surface area contributed by atoms with Crippen LogP contribution in [-0.2, 0) is 19.1 Å². The quantitative estimate of drug-likeness (QED) is 0.643. The first-order valence-corrected chi connectivity index (χ1v) is 6.77. The molecule has 0 aromatic rings. The van der Waals surface area contributed by atoms with E-state index in [9.17, 15) is 4.79 Å². The van der Waals surface area contributed by atoms with Crippen molar-refractivity contribution in [2.75, 3.05) is 13.2 Å². The minimum Gasteiger partial charge on any atom is -0.550 e. The molecule has 0 aliphatic carbocycles. The zero-order valence-corrected chi connectivity index (χ0v) is 11.9. The fourth-order valence-corrected chi connectivity index (χ4v) is 1.73. The Balaban J connectivity index is 0.000000711. The van der Waals surface area contributed by atoms with E-state index in [0.717, 1.165) is 39.2 Å². The Morgan fingerprint density at radius 3 is 2.42 bits per heavy atom. The average Bonchev–Trinajstić information content (AvgIpc) is 2.81. The van der Waals surface area contributed by atoms with E-state index in [2.05, 4.69) is 12.7 Å². The van der Waals surface area contributed by atoms with Crippen LogP contribution < -0.4 is 10.8 Å². The number of carboxylic acids is 1. The minimum atomic E-state index is -1.08. The molecule has 1 heterocycles. The lowest BCUT2D eigenvalue weighted by molar-refractivity contribution is -0.368. The second kappa shape index (κ2) is 10.8. The Morgan fingerprint density at radius 2 is 1.95 bits per heavy atom. The summed E-state index contributed by atoms with van der Waals surface area (Å²) in [6.07, 6.45) is 4.94. The topological polar surface area (TPSA) is 103 Å². The van der Waals surface area contributed by atoms with Crippen LogP contribution in [0.1, 0.15) is 46.0 Å². The molecule has 112 valence electrons. The van der Waals surface area contributed by atoms with Gasteiger partial charge in [-0.1, -0.05) is 6.92 Å². The summed E-state index contributed by atoms with van der Waals surface area (Å²) in [6, 6.07) is 0. The number of esters is 1. The summed E-state index contributed by atoms with van der Waals surface area (Å²) < 4.78 is 10.8. The van der Waals surface area contributed by atoms with Crippen molar-refractivity contribution in [3.05, 3.63) is 0 Å². The molecule has 0 aromatic heterocycles. The van der Waals surface area contributed by atoms with Gasteiger partial charge in [-0.25, -0.2) is 0 Å². The van der Waals surface area contributed by atoms with Crippen LogP contribution in [-0.4, -0.2) is 37.3 Å². The first kappa shape index (κ1) is 17.9. The van der Waals surface area contributed by atoms with Gasteiger partial charge >= 0.3 is 5.97 Å². The van der Waals surface area contributed by atoms with Gasteiger partial charge in [0.05, 0.1) is 25.2 Å². The van der Waals surface area contributed by atoms with Crippen LogP contribution in [0.15, 0.2) is 0 Å². The lowest BCUT2D eigenvalue weighted by Gasteiger charge is -2.12. The second-order valence-corrected chi connectivity index (χ2v) is 4.50. The molecule has 1 aliphatic heterocycles. The molecule has 0 spiro atoms. The highest BCUT2D eigenvalue weighted by molar-refractivity contribution is 5.69. The molecular weight excluding hydrogens is 250 g/mol. The summed E-state index contributed by atoms with van der Waals surface area (Å²) in [5.41, 5.74) is 3.68. The molecule has 6 nitrogen and oxygen atoms in total. The molecule has 6 heteroatoms. The Hall–Kier alpha value is -1.14. The molecule has 0 radical (unpaired) electrons. The molecule has 1 fully saturated rings. The lowest BCUT2D eigenvalue weighted by Crippen LogP contribution is -2.50. The number of carbonyl (C=O) groups is 2. The summed E-state index contributed by atoms with van der Waals surface area (Å²) >= 11 is 0. The molecule has 0 bridgehead atoms. The van der Waals surface area contributed by atoms with Gasteiger partial charge < -0.3 is 25.1 Å². The maximum atomic E-state index is 11.2. The molecule has 2 atom stereocenters. The molecule has 1 rings (SSSR count). The molecule has 0 amide bonds. The third-order valence-electron chi connectivity index (χ3n) is 2.71. The monoisotopic (exact) mass is 275 g/mol. The van der Waals surface area contributed by atoms with E-state index in [0.29, 0.717) is 19.1 Å². The van der Waals surface area contributed by atoms with E-state index >= 15 is 0 Å². The summed E-state index contributed by atoms with van der Waals surface area (Å²) in [5.74, 6) is -1.21. The van der Waals surface area contributed by atoms with Crippen molar-refractivity contribution in [2.24, 2.45) is 0 Å². The predicted octanol–water partition coefficient (Wildman–Crippen LogP) is -0.734. The van der Waals surface area contributed by atoms with E-state index in [1.165, 1.54) is 0 Å². The van der Waals surface area contributed by atoms with E-state index in [1.807, 2.05) is 0 Å². The third-order valence-corrected chi connectivity index (χ3v) is 2.71. The lowest BCUT2D eigenvalue weighted by atomic mass is 10.2. The SMILES string of the molecule is CC(=O)[O-].CC[C@H]1CC[C@@H](COC(=O)CCC[NH3+])O1. The van der Waals surface area contributed by atoms with Crippen LogP contribution in [0.4, 0.5) is 0 Å². The molecule has 0 aromatic carbocycles. The zero-order valence-electron chi connectivity index (χ0n) is 11.9. The predicted molar refractivity (Wildman–Crippen MR) is 66.8 cm³/mol. The highest BCUT2D eigenvalue weighted by Crippen LogP contribution is 2.21. The van der Waals surface area contributed by atoms with Crippen LogP contribution in [0, 0.1) is 0 Å². The van der Waals surface area contributed by atoms with E-state index in [1.54, 1.807) is 0 Å². The number of quaternary nitrogens is 1. The van der Waals surface area contributed by atoms with Crippen molar-refractivity contribution in [3.63, 3.8) is 0 Å².